The monoisotopic (exact) mass is 249 g/mol. The normalized spacial score (nSPS) is 20.7. The largest absolute Gasteiger partial charge is 0.490 e. The fourth-order valence-electron chi connectivity index (χ4n) is 2.07. The highest BCUT2D eigenvalue weighted by Gasteiger charge is 2.15. The van der Waals surface area contributed by atoms with Crippen LogP contribution in [0.15, 0.2) is 29.4 Å². The van der Waals surface area contributed by atoms with Crippen molar-refractivity contribution < 1.29 is 14.7 Å². The summed E-state index contributed by atoms with van der Waals surface area (Å²) in [4.78, 5) is 0. The third kappa shape index (κ3) is 3.23. The molecule has 0 aliphatic carbocycles. The quantitative estimate of drug-likeness (QED) is 0.507. The van der Waals surface area contributed by atoms with E-state index in [4.69, 9.17) is 14.7 Å². The fourth-order valence-corrected chi connectivity index (χ4v) is 2.07. The maximum Gasteiger partial charge on any atom is 0.128 e. The van der Waals surface area contributed by atoms with Crippen LogP contribution in [-0.2, 0) is 4.74 Å². The highest BCUT2D eigenvalue weighted by Crippen LogP contribution is 2.21. The molecule has 0 aromatic heterocycles. The SMILES string of the molecule is C/C(=N\O)c1ccccc1OCC1CCCCO1. The predicted molar refractivity (Wildman–Crippen MR) is 69.5 cm³/mol. The van der Waals surface area contributed by atoms with E-state index in [0.29, 0.717) is 12.3 Å². The molecule has 1 heterocycles. The molecule has 1 aliphatic heterocycles. The average molecular weight is 249 g/mol. The van der Waals surface area contributed by atoms with Gasteiger partial charge in [-0.2, -0.15) is 0 Å². The molecule has 98 valence electrons. The summed E-state index contributed by atoms with van der Waals surface area (Å²) in [6.07, 6.45) is 3.57. The summed E-state index contributed by atoms with van der Waals surface area (Å²) >= 11 is 0. The molecule has 2 rings (SSSR count). The summed E-state index contributed by atoms with van der Waals surface area (Å²) < 4.78 is 11.4. The first-order valence-corrected chi connectivity index (χ1v) is 6.33. The van der Waals surface area contributed by atoms with Crippen molar-refractivity contribution in [1.29, 1.82) is 0 Å². The Morgan fingerprint density at radius 1 is 1.44 bits per heavy atom. The Kier molecular flexibility index (Phi) is 4.59. The minimum atomic E-state index is 0.179. The first kappa shape index (κ1) is 12.9. The van der Waals surface area contributed by atoms with Crippen molar-refractivity contribution in [1.82, 2.24) is 0 Å². The van der Waals surface area contributed by atoms with Gasteiger partial charge in [0.15, 0.2) is 0 Å². The van der Waals surface area contributed by atoms with Gasteiger partial charge in [-0.1, -0.05) is 17.3 Å². The number of oxime groups is 1. The first-order chi connectivity index (χ1) is 8.81. The van der Waals surface area contributed by atoms with Gasteiger partial charge in [0.25, 0.3) is 0 Å². The lowest BCUT2D eigenvalue weighted by Crippen LogP contribution is -2.26. The zero-order valence-electron chi connectivity index (χ0n) is 10.6. The van der Waals surface area contributed by atoms with Crippen molar-refractivity contribution in [2.75, 3.05) is 13.2 Å². The van der Waals surface area contributed by atoms with Crippen molar-refractivity contribution >= 4 is 5.71 Å². The van der Waals surface area contributed by atoms with Gasteiger partial charge >= 0.3 is 0 Å². The molecule has 4 heteroatoms. The minimum Gasteiger partial charge on any atom is -0.490 e. The minimum absolute atomic E-state index is 0.179. The van der Waals surface area contributed by atoms with Gasteiger partial charge in [0.1, 0.15) is 12.4 Å². The fraction of sp³-hybridized carbons (Fsp3) is 0.500. The Balaban J connectivity index is 2.00. The Bertz CT molecular complexity index is 411. The number of hydrogen-bond acceptors (Lipinski definition) is 4. The summed E-state index contributed by atoms with van der Waals surface area (Å²) in [5, 5.41) is 12.1. The number of rotatable bonds is 4. The van der Waals surface area contributed by atoms with Gasteiger partial charge < -0.3 is 14.7 Å². The van der Waals surface area contributed by atoms with Gasteiger partial charge in [-0.15, -0.1) is 0 Å². The molecule has 1 fully saturated rings. The Morgan fingerprint density at radius 2 is 2.28 bits per heavy atom. The summed E-state index contributed by atoms with van der Waals surface area (Å²) in [6.45, 7) is 3.13. The van der Waals surface area contributed by atoms with Crippen LogP contribution in [-0.4, -0.2) is 30.2 Å². The average Bonchev–Trinajstić information content (AvgIpc) is 2.45. The van der Waals surface area contributed by atoms with Crippen LogP contribution in [0.4, 0.5) is 0 Å². The smallest absolute Gasteiger partial charge is 0.128 e. The van der Waals surface area contributed by atoms with Gasteiger partial charge in [0.05, 0.1) is 11.8 Å². The Morgan fingerprint density at radius 3 is 3.00 bits per heavy atom. The molecule has 0 spiro atoms. The van der Waals surface area contributed by atoms with E-state index >= 15 is 0 Å². The first-order valence-electron chi connectivity index (χ1n) is 6.33. The molecule has 1 aromatic rings. The number of ether oxygens (including phenoxy) is 2. The maximum atomic E-state index is 8.84. The molecule has 1 aliphatic rings. The van der Waals surface area contributed by atoms with Gasteiger partial charge in [0, 0.05) is 12.2 Å². The number of hydrogen-bond donors (Lipinski definition) is 1. The highest BCUT2D eigenvalue weighted by molar-refractivity contribution is 6.00. The number of nitrogens with zero attached hydrogens (tertiary/aromatic N) is 1. The van der Waals surface area contributed by atoms with Crippen LogP contribution in [0.25, 0.3) is 0 Å². The van der Waals surface area contributed by atoms with E-state index in [2.05, 4.69) is 5.16 Å². The van der Waals surface area contributed by atoms with Crippen molar-refractivity contribution in [3.8, 4) is 5.75 Å². The molecule has 0 bridgehead atoms. The summed E-state index contributed by atoms with van der Waals surface area (Å²) in [6, 6.07) is 7.57. The second kappa shape index (κ2) is 6.40. The topological polar surface area (TPSA) is 51.1 Å². The summed E-state index contributed by atoms with van der Waals surface area (Å²) in [5.74, 6) is 0.738. The standard InChI is InChI=1S/C14H19NO3/c1-11(15-16)13-7-2-3-8-14(13)18-10-12-6-4-5-9-17-12/h2-3,7-8,12,16H,4-6,9-10H2,1H3/b15-11+. The Hall–Kier alpha value is -1.55. The lowest BCUT2D eigenvalue weighted by atomic mass is 10.1. The van der Waals surface area contributed by atoms with Crippen LogP contribution in [0.2, 0.25) is 0 Å². The molecular formula is C14H19NO3. The highest BCUT2D eigenvalue weighted by atomic mass is 16.5. The number of benzene rings is 1. The van der Waals surface area contributed by atoms with Crippen LogP contribution in [0, 0.1) is 0 Å². The van der Waals surface area contributed by atoms with Crippen molar-refractivity contribution in [3.05, 3.63) is 29.8 Å². The van der Waals surface area contributed by atoms with Crippen LogP contribution >= 0.6 is 0 Å². The molecule has 1 saturated heterocycles. The molecule has 0 radical (unpaired) electrons. The second-order valence-electron chi connectivity index (χ2n) is 4.48. The zero-order valence-corrected chi connectivity index (χ0v) is 10.6. The molecule has 4 nitrogen and oxygen atoms in total. The lowest BCUT2D eigenvalue weighted by molar-refractivity contribution is -0.0111. The Labute approximate surface area is 107 Å². The second-order valence-corrected chi connectivity index (χ2v) is 4.48. The molecule has 1 aromatic carbocycles. The van der Waals surface area contributed by atoms with Crippen molar-refractivity contribution in [2.24, 2.45) is 5.16 Å². The van der Waals surface area contributed by atoms with Crippen LogP contribution in [0.3, 0.4) is 0 Å². The maximum absolute atomic E-state index is 8.84. The van der Waals surface area contributed by atoms with Crippen molar-refractivity contribution in [3.63, 3.8) is 0 Å². The van der Waals surface area contributed by atoms with Gasteiger partial charge in [-0.05, 0) is 38.3 Å². The molecular weight excluding hydrogens is 230 g/mol. The van der Waals surface area contributed by atoms with Gasteiger partial charge in [-0.25, -0.2) is 0 Å². The van der Waals surface area contributed by atoms with E-state index in [1.165, 1.54) is 6.42 Å². The van der Waals surface area contributed by atoms with Gasteiger partial charge in [0.2, 0.25) is 0 Å². The van der Waals surface area contributed by atoms with E-state index < -0.39 is 0 Å². The lowest BCUT2D eigenvalue weighted by Gasteiger charge is -2.23. The van der Waals surface area contributed by atoms with Gasteiger partial charge in [-0.3, -0.25) is 0 Å². The molecule has 18 heavy (non-hydrogen) atoms. The zero-order chi connectivity index (χ0) is 12.8. The molecule has 0 saturated carbocycles. The van der Waals surface area contributed by atoms with Crippen LogP contribution in [0.5, 0.6) is 5.75 Å². The summed E-state index contributed by atoms with van der Waals surface area (Å²) in [7, 11) is 0. The molecule has 1 atom stereocenters. The van der Waals surface area contributed by atoms with Crippen LogP contribution < -0.4 is 4.74 Å². The van der Waals surface area contributed by atoms with E-state index in [1.807, 2.05) is 24.3 Å². The third-order valence-electron chi connectivity index (χ3n) is 3.13. The van der Waals surface area contributed by atoms with E-state index in [1.54, 1.807) is 6.92 Å². The van der Waals surface area contributed by atoms with E-state index in [9.17, 15) is 0 Å². The van der Waals surface area contributed by atoms with Crippen molar-refractivity contribution in [2.45, 2.75) is 32.3 Å². The number of para-hydroxylation sites is 1. The van der Waals surface area contributed by atoms with E-state index in [-0.39, 0.29) is 6.10 Å². The molecule has 1 unspecified atom stereocenters. The summed E-state index contributed by atoms with van der Waals surface area (Å²) in [5.41, 5.74) is 1.37. The predicted octanol–water partition coefficient (Wildman–Crippen LogP) is 2.83. The third-order valence-corrected chi connectivity index (χ3v) is 3.13. The molecule has 1 N–H and O–H groups in total. The molecule has 0 amide bonds. The van der Waals surface area contributed by atoms with Crippen LogP contribution in [0.1, 0.15) is 31.7 Å². The van der Waals surface area contributed by atoms with E-state index in [0.717, 1.165) is 30.8 Å².